The summed E-state index contributed by atoms with van der Waals surface area (Å²) in [6, 6.07) is 47.5. The van der Waals surface area contributed by atoms with E-state index in [9.17, 15) is 0 Å². The van der Waals surface area contributed by atoms with Crippen LogP contribution in [-0.4, -0.2) is 15.0 Å². The van der Waals surface area contributed by atoms with Crippen LogP contribution in [0.15, 0.2) is 144 Å². The van der Waals surface area contributed by atoms with Gasteiger partial charge in [0.1, 0.15) is 11.1 Å². The second-order valence-corrected chi connectivity index (χ2v) is 10.1. The molecule has 4 heteroatoms. The first-order valence-electron chi connectivity index (χ1n) is 13.6. The van der Waals surface area contributed by atoms with Gasteiger partial charge >= 0.3 is 0 Å². The highest BCUT2D eigenvalue weighted by molar-refractivity contribution is 6.06. The average molecular weight is 526 g/mol. The highest BCUT2D eigenvalue weighted by Gasteiger charge is 2.13. The van der Waals surface area contributed by atoms with Crippen molar-refractivity contribution < 1.29 is 4.42 Å². The van der Waals surface area contributed by atoms with Gasteiger partial charge in [-0.1, -0.05) is 97.1 Å². The molecule has 0 unspecified atom stereocenters. The van der Waals surface area contributed by atoms with Gasteiger partial charge in [0.15, 0.2) is 11.4 Å². The zero-order valence-electron chi connectivity index (χ0n) is 22.0. The van der Waals surface area contributed by atoms with Crippen LogP contribution in [0, 0.1) is 0 Å². The van der Waals surface area contributed by atoms with Crippen LogP contribution in [0.5, 0.6) is 0 Å². The molecule has 41 heavy (non-hydrogen) atoms. The molecule has 0 radical (unpaired) electrons. The second kappa shape index (κ2) is 9.54. The van der Waals surface area contributed by atoms with Crippen LogP contribution in [0.4, 0.5) is 0 Å². The predicted molar refractivity (Wildman–Crippen MR) is 166 cm³/mol. The van der Waals surface area contributed by atoms with E-state index in [1.54, 1.807) is 0 Å². The maximum Gasteiger partial charge on any atom is 0.160 e. The van der Waals surface area contributed by atoms with Crippen molar-refractivity contribution in [1.82, 2.24) is 15.0 Å². The molecule has 0 fully saturated rings. The van der Waals surface area contributed by atoms with Crippen LogP contribution in [0.1, 0.15) is 0 Å². The molecule has 4 nitrogen and oxygen atoms in total. The molecule has 5 aromatic carbocycles. The predicted octanol–water partition coefficient (Wildman–Crippen LogP) is 9.59. The van der Waals surface area contributed by atoms with Crippen molar-refractivity contribution in [2.75, 3.05) is 0 Å². The van der Waals surface area contributed by atoms with Crippen LogP contribution in [0.2, 0.25) is 0 Å². The Bertz CT molecular complexity index is 2140. The minimum absolute atomic E-state index is 0.693. The Balaban J connectivity index is 1.24. The van der Waals surface area contributed by atoms with Gasteiger partial charge in [-0.15, -0.1) is 0 Å². The summed E-state index contributed by atoms with van der Waals surface area (Å²) in [7, 11) is 0. The van der Waals surface area contributed by atoms with Gasteiger partial charge in [-0.3, -0.25) is 0 Å². The van der Waals surface area contributed by atoms with Gasteiger partial charge in [0.25, 0.3) is 0 Å². The molecule has 0 amide bonds. The summed E-state index contributed by atoms with van der Waals surface area (Å²) in [4.78, 5) is 14.9. The van der Waals surface area contributed by atoms with E-state index in [0.29, 0.717) is 5.82 Å². The summed E-state index contributed by atoms with van der Waals surface area (Å²) in [5.41, 5.74) is 10.5. The van der Waals surface area contributed by atoms with E-state index in [0.717, 1.165) is 72.2 Å². The van der Waals surface area contributed by atoms with Crippen molar-refractivity contribution in [3.8, 4) is 45.0 Å². The van der Waals surface area contributed by atoms with Crippen molar-refractivity contribution in [1.29, 1.82) is 0 Å². The van der Waals surface area contributed by atoms with Gasteiger partial charge in [0, 0.05) is 27.5 Å². The number of hydrogen-bond donors (Lipinski definition) is 0. The molecule has 0 aliphatic heterocycles. The Kier molecular flexibility index (Phi) is 5.42. The summed E-state index contributed by atoms with van der Waals surface area (Å²) in [5.74, 6) is 0.693. The number of furan rings is 1. The van der Waals surface area contributed by atoms with Gasteiger partial charge in [-0.2, -0.15) is 0 Å². The maximum atomic E-state index is 6.10. The van der Waals surface area contributed by atoms with Gasteiger partial charge in [0.2, 0.25) is 0 Å². The molecular formula is C37H23N3O. The number of fused-ring (bicyclic) bond motifs is 4. The summed E-state index contributed by atoms with van der Waals surface area (Å²) < 4.78 is 6.10. The molecule has 3 heterocycles. The van der Waals surface area contributed by atoms with Crippen molar-refractivity contribution in [2.45, 2.75) is 0 Å². The molecule has 0 aliphatic carbocycles. The van der Waals surface area contributed by atoms with Crippen LogP contribution in [-0.2, 0) is 0 Å². The number of aromatic nitrogens is 3. The molecule has 0 saturated heterocycles. The molecular weight excluding hydrogens is 502 g/mol. The summed E-state index contributed by atoms with van der Waals surface area (Å²) >= 11 is 0. The zero-order valence-corrected chi connectivity index (χ0v) is 22.0. The molecule has 0 saturated carbocycles. The quantitative estimate of drug-likeness (QED) is 0.230. The van der Waals surface area contributed by atoms with E-state index in [4.69, 9.17) is 19.4 Å². The standard InChI is InChI=1S/C37H23N3O/c1-3-10-24(11-4-1)32-23-33(25-12-5-2-6-13-25)40-37(39-32)28-15-9-14-26(20-28)27-18-19-31-29(21-27)22-35-36(38-31)30-16-7-8-17-34(30)41-35/h1-23H. The van der Waals surface area contributed by atoms with E-state index < -0.39 is 0 Å². The minimum Gasteiger partial charge on any atom is -0.454 e. The zero-order chi connectivity index (χ0) is 27.2. The highest BCUT2D eigenvalue weighted by Crippen LogP contribution is 2.33. The highest BCUT2D eigenvalue weighted by atomic mass is 16.3. The minimum atomic E-state index is 0.693. The van der Waals surface area contributed by atoms with Crippen molar-refractivity contribution in [3.63, 3.8) is 0 Å². The summed E-state index contributed by atoms with van der Waals surface area (Å²) in [5, 5.41) is 2.07. The lowest BCUT2D eigenvalue weighted by molar-refractivity contribution is 0.669. The smallest absolute Gasteiger partial charge is 0.160 e. The van der Waals surface area contributed by atoms with E-state index in [1.807, 2.05) is 54.6 Å². The maximum absolute atomic E-state index is 6.10. The Morgan fingerprint density at radius 3 is 1.80 bits per heavy atom. The fourth-order valence-electron chi connectivity index (χ4n) is 5.40. The molecule has 8 rings (SSSR count). The number of para-hydroxylation sites is 1. The first-order valence-corrected chi connectivity index (χ1v) is 13.6. The number of hydrogen-bond acceptors (Lipinski definition) is 4. The topological polar surface area (TPSA) is 51.8 Å². The molecule has 0 bridgehead atoms. The average Bonchev–Trinajstić information content (AvgIpc) is 3.41. The van der Waals surface area contributed by atoms with Crippen LogP contribution in [0.25, 0.3) is 78.0 Å². The van der Waals surface area contributed by atoms with Gasteiger partial charge in [-0.25, -0.2) is 15.0 Å². The number of nitrogens with zero attached hydrogens (tertiary/aromatic N) is 3. The monoisotopic (exact) mass is 525 g/mol. The largest absolute Gasteiger partial charge is 0.454 e. The molecule has 0 spiro atoms. The summed E-state index contributed by atoms with van der Waals surface area (Å²) in [6.07, 6.45) is 0. The van der Waals surface area contributed by atoms with E-state index in [-0.39, 0.29) is 0 Å². The molecule has 3 aromatic heterocycles. The molecule has 0 atom stereocenters. The van der Waals surface area contributed by atoms with Crippen LogP contribution in [0.3, 0.4) is 0 Å². The van der Waals surface area contributed by atoms with E-state index in [1.165, 1.54) is 0 Å². The second-order valence-electron chi connectivity index (χ2n) is 10.1. The van der Waals surface area contributed by atoms with E-state index >= 15 is 0 Å². The fraction of sp³-hybridized carbons (Fsp3) is 0. The van der Waals surface area contributed by atoms with Crippen molar-refractivity contribution >= 4 is 33.0 Å². The molecule has 192 valence electrons. The first kappa shape index (κ1) is 23.3. The van der Waals surface area contributed by atoms with Gasteiger partial charge in [0.05, 0.1) is 16.9 Å². The van der Waals surface area contributed by atoms with Crippen LogP contribution >= 0.6 is 0 Å². The third-order valence-electron chi connectivity index (χ3n) is 7.46. The Morgan fingerprint density at radius 1 is 0.415 bits per heavy atom. The van der Waals surface area contributed by atoms with E-state index in [2.05, 4.69) is 84.9 Å². The lowest BCUT2D eigenvalue weighted by Crippen LogP contribution is -1.96. The van der Waals surface area contributed by atoms with Crippen molar-refractivity contribution in [2.24, 2.45) is 0 Å². The molecule has 0 N–H and O–H groups in total. The molecule has 0 aliphatic rings. The number of benzene rings is 5. The fourth-order valence-corrected chi connectivity index (χ4v) is 5.40. The normalized spacial score (nSPS) is 11.4. The first-order chi connectivity index (χ1) is 20.3. The Labute approximate surface area is 236 Å². The summed E-state index contributed by atoms with van der Waals surface area (Å²) in [6.45, 7) is 0. The van der Waals surface area contributed by atoms with Crippen molar-refractivity contribution in [3.05, 3.63) is 140 Å². The lowest BCUT2D eigenvalue weighted by Gasteiger charge is -2.11. The Morgan fingerprint density at radius 2 is 1.05 bits per heavy atom. The SMILES string of the molecule is c1ccc(-c2cc(-c3ccccc3)nc(-c3cccc(-c4ccc5nc6c(cc5c4)oc4ccccc46)c3)n2)cc1. The van der Waals surface area contributed by atoms with Gasteiger partial charge in [-0.05, 0) is 53.6 Å². The third-order valence-corrected chi connectivity index (χ3v) is 7.46. The van der Waals surface area contributed by atoms with Crippen LogP contribution < -0.4 is 0 Å². The number of rotatable bonds is 4. The lowest BCUT2D eigenvalue weighted by atomic mass is 10.0. The van der Waals surface area contributed by atoms with Gasteiger partial charge < -0.3 is 4.42 Å². The Hall–Kier alpha value is -5.61. The number of pyridine rings is 1. The third kappa shape index (κ3) is 4.23. The molecule has 8 aromatic rings.